The Balaban J connectivity index is 1.51. The van der Waals surface area contributed by atoms with E-state index < -0.39 is 6.09 Å². The summed E-state index contributed by atoms with van der Waals surface area (Å²) in [5.74, 6) is 0. The Morgan fingerprint density at radius 3 is 2.12 bits per heavy atom. The molecule has 130 valence electrons. The second-order valence-corrected chi connectivity index (χ2v) is 6.30. The van der Waals surface area contributed by atoms with Crippen LogP contribution in [0.15, 0.2) is 24.3 Å². The Hall–Kier alpha value is -2.35. The fraction of sp³-hybridized carbons (Fsp3) is 0.562. The summed E-state index contributed by atoms with van der Waals surface area (Å²) in [6.07, 6.45) is 1.23. The van der Waals surface area contributed by atoms with Gasteiger partial charge >= 0.3 is 6.09 Å². The van der Waals surface area contributed by atoms with Gasteiger partial charge < -0.3 is 14.9 Å². The van der Waals surface area contributed by atoms with Gasteiger partial charge in [-0.1, -0.05) is 0 Å². The van der Waals surface area contributed by atoms with Crippen molar-refractivity contribution in [3.05, 3.63) is 34.4 Å². The van der Waals surface area contributed by atoms with Crippen LogP contribution in [0.4, 0.5) is 16.2 Å². The third kappa shape index (κ3) is 3.59. The first-order chi connectivity index (χ1) is 11.5. The maximum Gasteiger partial charge on any atom is 0.407 e. The molecule has 0 bridgehead atoms. The van der Waals surface area contributed by atoms with Crippen LogP contribution in [0.1, 0.15) is 12.8 Å². The van der Waals surface area contributed by atoms with Gasteiger partial charge in [0.15, 0.2) is 0 Å². The van der Waals surface area contributed by atoms with Gasteiger partial charge in [-0.25, -0.2) is 4.79 Å². The lowest BCUT2D eigenvalue weighted by molar-refractivity contribution is -0.384. The van der Waals surface area contributed by atoms with Crippen molar-refractivity contribution in [2.75, 3.05) is 44.2 Å². The predicted octanol–water partition coefficient (Wildman–Crippen LogP) is 1.86. The van der Waals surface area contributed by atoms with Gasteiger partial charge in [0, 0.05) is 63.1 Å². The van der Waals surface area contributed by atoms with E-state index in [1.54, 1.807) is 12.1 Å². The quantitative estimate of drug-likeness (QED) is 0.670. The molecular weight excluding hydrogens is 312 g/mol. The molecule has 8 heteroatoms. The number of hydrogen-bond donors (Lipinski definition) is 1. The maximum absolute atomic E-state index is 11.0. The third-order valence-corrected chi connectivity index (χ3v) is 4.99. The minimum absolute atomic E-state index is 0.116. The minimum atomic E-state index is -0.831. The lowest BCUT2D eigenvalue weighted by atomic mass is 10.0. The molecule has 2 aliphatic heterocycles. The summed E-state index contributed by atoms with van der Waals surface area (Å²) in [4.78, 5) is 27.4. The van der Waals surface area contributed by atoms with Crippen LogP contribution in [0, 0.1) is 10.1 Å². The van der Waals surface area contributed by atoms with E-state index in [9.17, 15) is 14.9 Å². The van der Waals surface area contributed by atoms with Crippen LogP contribution in [0.2, 0.25) is 0 Å². The van der Waals surface area contributed by atoms with Crippen LogP contribution in [-0.4, -0.2) is 71.2 Å². The van der Waals surface area contributed by atoms with E-state index in [-0.39, 0.29) is 10.6 Å². The number of carbonyl (C=O) groups is 1. The molecule has 1 N–H and O–H groups in total. The van der Waals surface area contributed by atoms with Crippen molar-refractivity contribution in [2.24, 2.45) is 0 Å². The van der Waals surface area contributed by atoms with Gasteiger partial charge in [0.1, 0.15) is 0 Å². The van der Waals surface area contributed by atoms with Gasteiger partial charge in [-0.3, -0.25) is 15.0 Å². The molecular formula is C16H22N4O4. The molecule has 0 aromatic heterocycles. The predicted molar refractivity (Wildman–Crippen MR) is 89.5 cm³/mol. The summed E-state index contributed by atoms with van der Waals surface area (Å²) in [5, 5.41) is 19.7. The molecule has 0 radical (unpaired) electrons. The zero-order valence-corrected chi connectivity index (χ0v) is 13.5. The third-order valence-electron chi connectivity index (χ3n) is 4.99. The fourth-order valence-electron chi connectivity index (χ4n) is 3.55. The number of nitro benzene ring substituents is 1. The van der Waals surface area contributed by atoms with Crippen LogP contribution in [0.25, 0.3) is 0 Å². The summed E-state index contributed by atoms with van der Waals surface area (Å²) < 4.78 is 0. The highest BCUT2D eigenvalue weighted by Crippen LogP contribution is 2.25. The summed E-state index contributed by atoms with van der Waals surface area (Å²) in [5.41, 5.74) is 1.14. The molecule has 0 unspecified atom stereocenters. The summed E-state index contributed by atoms with van der Waals surface area (Å²) in [7, 11) is 0. The van der Waals surface area contributed by atoms with E-state index in [1.165, 1.54) is 4.90 Å². The van der Waals surface area contributed by atoms with Crippen LogP contribution < -0.4 is 4.90 Å². The molecule has 1 aromatic carbocycles. The van der Waals surface area contributed by atoms with Crippen molar-refractivity contribution in [1.29, 1.82) is 0 Å². The van der Waals surface area contributed by atoms with Gasteiger partial charge in [0.2, 0.25) is 0 Å². The van der Waals surface area contributed by atoms with E-state index in [0.717, 1.165) is 44.7 Å². The number of non-ortho nitro benzene ring substituents is 1. The minimum Gasteiger partial charge on any atom is -0.465 e. The molecule has 2 aliphatic rings. The van der Waals surface area contributed by atoms with Gasteiger partial charge in [-0.2, -0.15) is 0 Å². The van der Waals surface area contributed by atoms with E-state index in [2.05, 4.69) is 9.80 Å². The maximum atomic E-state index is 11.0. The van der Waals surface area contributed by atoms with Crippen LogP contribution >= 0.6 is 0 Å². The molecule has 3 rings (SSSR count). The second-order valence-electron chi connectivity index (χ2n) is 6.30. The van der Waals surface area contributed by atoms with Crippen molar-refractivity contribution in [3.63, 3.8) is 0 Å². The summed E-state index contributed by atoms with van der Waals surface area (Å²) in [6.45, 7) is 4.60. The summed E-state index contributed by atoms with van der Waals surface area (Å²) >= 11 is 0. The molecule has 0 aliphatic carbocycles. The molecule has 0 atom stereocenters. The molecule has 1 aromatic rings. The summed E-state index contributed by atoms with van der Waals surface area (Å²) in [6, 6.07) is 7.21. The van der Waals surface area contributed by atoms with Gasteiger partial charge in [0.25, 0.3) is 5.69 Å². The first-order valence-corrected chi connectivity index (χ1v) is 8.26. The van der Waals surface area contributed by atoms with Gasteiger partial charge in [-0.05, 0) is 25.0 Å². The molecule has 8 nitrogen and oxygen atoms in total. The van der Waals surface area contributed by atoms with Crippen molar-refractivity contribution in [1.82, 2.24) is 9.80 Å². The lowest BCUT2D eigenvalue weighted by Gasteiger charge is -2.42. The first kappa shape index (κ1) is 16.5. The number of benzene rings is 1. The highest BCUT2D eigenvalue weighted by atomic mass is 16.6. The molecule has 2 saturated heterocycles. The lowest BCUT2D eigenvalue weighted by Crippen LogP contribution is -2.54. The molecule has 2 heterocycles. The highest BCUT2D eigenvalue weighted by molar-refractivity contribution is 5.65. The monoisotopic (exact) mass is 334 g/mol. The number of nitro groups is 1. The fourth-order valence-corrected chi connectivity index (χ4v) is 3.55. The molecule has 1 amide bonds. The standard InChI is InChI=1S/C16H22N4O4/c21-16(22)19-11-9-18(10-12-19)14-5-7-17(8-6-14)13-1-3-15(4-2-13)20(23)24/h1-4,14H,5-12H2,(H,21,22). The van der Waals surface area contributed by atoms with Crippen molar-refractivity contribution < 1.29 is 14.8 Å². The van der Waals surface area contributed by atoms with Crippen LogP contribution in [-0.2, 0) is 0 Å². The number of hydrogen-bond acceptors (Lipinski definition) is 5. The zero-order chi connectivity index (χ0) is 17.1. The Kier molecular flexibility index (Phi) is 4.84. The average Bonchev–Trinajstić information content (AvgIpc) is 2.62. The van der Waals surface area contributed by atoms with Crippen molar-refractivity contribution >= 4 is 17.5 Å². The topological polar surface area (TPSA) is 90.2 Å². The van der Waals surface area contributed by atoms with Crippen LogP contribution in [0.3, 0.4) is 0 Å². The SMILES string of the molecule is O=C(O)N1CCN(C2CCN(c3ccc([N+](=O)[O-])cc3)CC2)CC1. The zero-order valence-electron chi connectivity index (χ0n) is 13.5. The highest BCUT2D eigenvalue weighted by Gasteiger charge is 2.28. The average molecular weight is 334 g/mol. The van der Waals surface area contributed by atoms with Crippen molar-refractivity contribution in [2.45, 2.75) is 18.9 Å². The normalized spacial score (nSPS) is 20.2. The Labute approximate surface area is 140 Å². The Morgan fingerprint density at radius 1 is 1.04 bits per heavy atom. The molecule has 0 spiro atoms. The molecule has 24 heavy (non-hydrogen) atoms. The largest absolute Gasteiger partial charge is 0.465 e. The van der Waals surface area contributed by atoms with E-state index in [0.29, 0.717) is 19.1 Å². The number of rotatable bonds is 3. The molecule has 0 saturated carbocycles. The number of anilines is 1. The second kappa shape index (κ2) is 7.04. The molecule has 2 fully saturated rings. The van der Waals surface area contributed by atoms with E-state index in [4.69, 9.17) is 5.11 Å². The van der Waals surface area contributed by atoms with Crippen LogP contribution in [0.5, 0.6) is 0 Å². The Bertz CT molecular complexity index is 591. The number of amides is 1. The number of nitrogens with zero attached hydrogens (tertiary/aromatic N) is 4. The van der Waals surface area contributed by atoms with Gasteiger partial charge in [0.05, 0.1) is 4.92 Å². The number of piperidine rings is 1. The van der Waals surface area contributed by atoms with Gasteiger partial charge in [-0.15, -0.1) is 0 Å². The smallest absolute Gasteiger partial charge is 0.407 e. The van der Waals surface area contributed by atoms with E-state index >= 15 is 0 Å². The first-order valence-electron chi connectivity index (χ1n) is 8.26. The number of piperazine rings is 1. The van der Waals surface area contributed by atoms with E-state index in [1.807, 2.05) is 12.1 Å². The Morgan fingerprint density at radius 2 is 1.62 bits per heavy atom. The van der Waals surface area contributed by atoms with Crippen molar-refractivity contribution in [3.8, 4) is 0 Å². The number of carboxylic acid groups (broad SMARTS) is 1.